The summed E-state index contributed by atoms with van der Waals surface area (Å²) in [4.78, 5) is 0. The number of nitrogens with one attached hydrogen (secondary N) is 1. The van der Waals surface area contributed by atoms with Crippen LogP contribution in [0.25, 0.3) is 0 Å². The third-order valence-corrected chi connectivity index (χ3v) is 2.47. The molecule has 1 heteroatoms. The van der Waals surface area contributed by atoms with Crippen molar-refractivity contribution in [1.29, 1.82) is 0 Å². The molecule has 0 radical (unpaired) electrons. The predicted molar refractivity (Wildman–Crippen MR) is 86.4 cm³/mol. The smallest absolute Gasteiger partial charge is 0.0202 e. The van der Waals surface area contributed by atoms with E-state index in [1.54, 1.807) is 0 Å². The van der Waals surface area contributed by atoms with Crippen molar-refractivity contribution in [3.8, 4) is 0 Å². The van der Waals surface area contributed by atoms with E-state index < -0.39 is 0 Å². The highest BCUT2D eigenvalue weighted by Crippen LogP contribution is 1.97. The molecule has 1 N–H and O–H groups in total. The fourth-order valence-corrected chi connectivity index (χ4v) is 1.51. The number of benzene rings is 2. The first-order valence-corrected chi connectivity index (χ1v) is 7.09. The van der Waals surface area contributed by atoms with Crippen molar-refractivity contribution in [1.82, 2.24) is 5.32 Å². The van der Waals surface area contributed by atoms with Crippen molar-refractivity contribution in [2.75, 3.05) is 7.05 Å². The van der Waals surface area contributed by atoms with Gasteiger partial charge in [-0.25, -0.2) is 0 Å². The first-order chi connectivity index (χ1) is 9.36. The zero-order valence-electron chi connectivity index (χ0n) is 12.7. The van der Waals surface area contributed by atoms with Gasteiger partial charge in [0.25, 0.3) is 0 Å². The van der Waals surface area contributed by atoms with Gasteiger partial charge in [-0.3, -0.25) is 0 Å². The van der Waals surface area contributed by atoms with E-state index >= 15 is 0 Å². The molecule has 0 aliphatic heterocycles. The van der Waals surface area contributed by atoms with Crippen LogP contribution in [0.2, 0.25) is 0 Å². The second-order valence-corrected chi connectivity index (χ2v) is 3.86. The molecule has 19 heavy (non-hydrogen) atoms. The molecule has 2 aromatic rings. The zero-order chi connectivity index (χ0) is 14.3. The van der Waals surface area contributed by atoms with Crippen LogP contribution in [0, 0.1) is 0 Å². The van der Waals surface area contributed by atoms with Crippen LogP contribution in [0.5, 0.6) is 0 Å². The van der Waals surface area contributed by atoms with Crippen molar-refractivity contribution < 1.29 is 0 Å². The van der Waals surface area contributed by atoms with Crippen molar-refractivity contribution in [2.45, 2.75) is 33.7 Å². The summed E-state index contributed by atoms with van der Waals surface area (Å²) in [6.07, 6.45) is 1.14. The van der Waals surface area contributed by atoms with Gasteiger partial charge in [0, 0.05) is 6.54 Å². The maximum atomic E-state index is 3.08. The van der Waals surface area contributed by atoms with E-state index in [2.05, 4.69) is 48.6 Å². The molecule has 0 heterocycles. The Morgan fingerprint density at radius 3 is 1.47 bits per heavy atom. The highest BCUT2D eigenvalue weighted by molar-refractivity contribution is 5.14. The first kappa shape index (κ1) is 17.4. The molecular formula is C18H27N. The van der Waals surface area contributed by atoms with Gasteiger partial charge in [0.2, 0.25) is 0 Å². The van der Waals surface area contributed by atoms with Gasteiger partial charge in [-0.1, -0.05) is 81.4 Å². The molecule has 0 amide bonds. The van der Waals surface area contributed by atoms with Crippen molar-refractivity contribution in [3.63, 3.8) is 0 Å². The molecule has 0 bridgehead atoms. The summed E-state index contributed by atoms with van der Waals surface area (Å²) in [5, 5.41) is 3.08. The largest absolute Gasteiger partial charge is 0.316 e. The van der Waals surface area contributed by atoms with E-state index in [0.717, 1.165) is 13.0 Å². The fraction of sp³-hybridized carbons (Fsp3) is 0.333. The summed E-state index contributed by atoms with van der Waals surface area (Å²) in [6, 6.07) is 20.8. The van der Waals surface area contributed by atoms with Gasteiger partial charge in [-0.2, -0.15) is 0 Å². The molecule has 0 saturated heterocycles. The molecule has 0 spiro atoms. The lowest BCUT2D eigenvalue weighted by atomic mass is 10.2. The monoisotopic (exact) mass is 257 g/mol. The summed E-state index contributed by atoms with van der Waals surface area (Å²) in [5.41, 5.74) is 2.74. The predicted octanol–water partition coefficient (Wildman–Crippen LogP) is 4.68. The molecule has 0 unspecified atom stereocenters. The van der Waals surface area contributed by atoms with Crippen LogP contribution in [0.1, 0.15) is 31.9 Å². The molecule has 1 nitrogen and oxygen atoms in total. The Morgan fingerprint density at radius 2 is 1.16 bits per heavy atom. The second kappa shape index (κ2) is 12.8. The van der Waals surface area contributed by atoms with E-state index in [-0.39, 0.29) is 0 Å². The van der Waals surface area contributed by atoms with E-state index in [1.165, 1.54) is 11.1 Å². The average molecular weight is 257 g/mol. The Kier molecular flexibility index (Phi) is 11.8. The number of hydrogen-bond donors (Lipinski definition) is 1. The summed E-state index contributed by atoms with van der Waals surface area (Å²) in [7, 11) is 1.95. The topological polar surface area (TPSA) is 12.0 Å². The molecule has 0 aliphatic carbocycles. The third-order valence-electron chi connectivity index (χ3n) is 2.47. The van der Waals surface area contributed by atoms with Gasteiger partial charge in [0.1, 0.15) is 0 Å². The zero-order valence-corrected chi connectivity index (χ0v) is 12.7. The average Bonchev–Trinajstić information content (AvgIpc) is 2.52. The molecule has 0 aliphatic rings. The fourth-order valence-electron chi connectivity index (χ4n) is 1.51. The van der Waals surface area contributed by atoms with Gasteiger partial charge < -0.3 is 5.32 Å². The van der Waals surface area contributed by atoms with Crippen molar-refractivity contribution >= 4 is 0 Å². The number of rotatable bonds is 3. The quantitative estimate of drug-likeness (QED) is 0.841. The molecule has 0 fully saturated rings. The number of aryl methyl sites for hydroxylation is 1. The first-order valence-electron chi connectivity index (χ1n) is 7.09. The second-order valence-electron chi connectivity index (χ2n) is 3.86. The Morgan fingerprint density at radius 1 is 0.737 bits per heavy atom. The molecule has 2 aromatic carbocycles. The maximum Gasteiger partial charge on any atom is 0.0202 e. The van der Waals surface area contributed by atoms with E-state index in [1.807, 2.05) is 45.2 Å². The summed E-state index contributed by atoms with van der Waals surface area (Å²) < 4.78 is 0. The van der Waals surface area contributed by atoms with Gasteiger partial charge in [0.05, 0.1) is 0 Å². The minimum atomic E-state index is 0.959. The molecule has 0 saturated carbocycles. The molecule has 0 atom stereocenters. The summed E-state index contributed by atoms with van der Waals surface area (Å²) in [6.45, 7) is 7.12. The molecule has 0 aromatic heterocycles. The van der Waals surface area contributed by atoms with E-state index in [0.29, 0.717) is 0 Å². The van der Waals surface area contributed by atoms with Crippen LogP contribution in [0.4, 0.5) is 0 Å². The van der Waals surface area contributed by atoms with Gasteiger partial charge in [-0.15, -0.1) is 0 Å². The maximum absolute atomic E-state index is 3.08. The summed E-state index contributed by atoms with van der Waals surface area (Å²) >= 11 is 0. The lowest BCUT2D eigenvalue weighted by molar-refractivity contribution is 0.818. The van der Waals surface area contributed by atoms with Crippen LogP contribution in [-0.2, 0) is 13.0 Å². The lowest BCUT2D eigenvalue weighted by Crippen LogP contribution is -2.04. The molecular weight excluding hydrogens is 230 g/mol. The van der Waals surface area contributed by atoms with Crippen LogP contribution < -0.4 is 5.32 Å². The minimum absolute atomic E-state index is 0.959. The summed E-state index contributed by atoms with van der Waals surface area (Å²) in [5.74, 6) is 0. The van der Waals surface area contributed by atoms with E-state index in [9.17, 15) is 0 Å². The van der Waals surface area contributed by atoms with Gasteiger partial charge >= 0.3 is 0 Å². The Labute approximate surface area is 118 Å². The van der Waals surface area contributed by atoms with Crippen molar-refractivity contribution in [3.05, 3.63) is 71.8 Å². The van der Waals surface area contributed by atoms with Gasteiger partial charge in [0.15, 0.2) is 0 Å². The van der Waals surface area contributed by atoms with Crippen LogP contribution in [0.3, 0.4) is 0 Å². The normalized spacial score (nSPS) is 8.63. The van der Waals surface area contributed by atoms with Crippen molar-refractivity contribution in [2.24, 2.45) is 0 Å². The van der Waals surface area contributed by atoms with Crippen LogP contribution in [-0.4, -0.2) is 7.05 Å². The van der Waals surface area contributed by atoms with Gasteiger partial charge in [-0.05, 0) is 24.6 Å². The van der Waals surface area contributed by atoms with E-state index in [4.69, 9.17) is 0 Å². The lowest BCUT2D eigenvalue weighted by Gasteiger charge is -1.95. The Bertz CT molecular complexity index is 381. The minimum Gasteiger partial charge on any atom is -0.316 e. The Balaban J connectivity index is 0.000000303. The molecule has 2 rings (SSSR count). The highest BCUT2D eigenvalue weighted by Gasteiger charge is 1.83. The van der Waals surface area contributed by atoms with Crippen LogP contribution >= 0.6 is 0 Å². The standard InChI is InChI=1S/C8H11N.C8H10.C2H6/c1-9-7-8-5-3-2-4-6-8;1-2-8-6-4-3-5-7-8;1-2/h2-6,9H,7H2,1H3;3-7H,2H2,1H3;1-2H3. The van der Waals surface area contributed by atoms with Crippen LogP contribution in [0.15, 0.2) is 60.7 Å². The molecule has 104 valence electrons. The highest BCUT2D eigenvalue weighted by atomic mass is 14.8. The Hall–Kier alpha value is -1.60. The third kappa shape index (κ3) is 9.04. The SMILES string of the molecule is CC.CCc1ccccc1.CNCc1ccccc1. The number of hydrogen-bond acceptors (Lipinski definition) is 1.